The third-order valence-electron chi connectivity index (χ3n) is 3.01. The van der Waals surface area contributed by atoms with E-state index in [-0.39, 0.29) is 5.91 Å². The number of carbonyl (C=O) groups is 1. The molecule has 0 saturated carbocycles. The van der Waals surface area contributed by atoms with Gasteiger partial charge in [-0.2, -0.15) is 0 Å². The van der Waals surface area contributed by atoms with Crippen molar-refractivity contribution in [2.45, 2.75) is 53.2 Å². The van der Waals surface area contributed by atoms with Gasteiger partial charge in [-0.15, -0.1) is 0 Å². The zero-order valence-electron chi connectivity index (χ0n) is 13.5. The molecule has 0 aliphatic carbocycles. The number of nitrogens with zero attached hydrogens (tertiary/aromatic N) is 2. The van der Waals surface area contributed by atoms with Crippen LogP contribution in [0.5, 0.6) is 0 Å². The molecule has 20 heavy (non-hydrogen) atoms. The van der Waals surface area contributed by atoms with Gasteiger partial charge in [-0.05, 0) is 25.7 Å². The average Bonchev–Trinajstić information content (AvgIpc) is 2.61. The van der Waals surface area contributed by atoms with E-state index in [0.29, 0.717) is 17.6 Å². The third kappa shape index (κ3) is 5.19. The fourth-order valence-corrected chi connectivity index (χ4v) is 2.74. The minimum Gasteiger partial charge on any atom is -0.355 e. The number of amides is 1. The van der Waals surface area contributed by atoms with Gasteiger partial charge in [0.05, 0.1) is 11.4 Å². The average molecular weight is 297 g/mol. The predicted octanol–water partition coefficient (Wildman–Crippen LogP) is 3.02. The quantitative estimate of drug-likeness (QED) is 0.787. The van der Waals surface area contributed by atoms with Gasteiger partial charge in [0.1, 0.15) is 0 Å². The van der Waals surface area contributed by atoms with Gasteiger partial charge < -0.3 is 9.88 Å². The minimum absolute atomic E-state index is 0.0816. The summed E-state index contributed by atoms with van der Waals surface area (Å²) in [5.41, 5.74) is 2.25. The molecule has 4 nitrogen and oxygen atoms in total. The summed E-state index contributed by atoms with van der Waals surface area (Å²) >= 11 is 1.52. The van der Waals surface area contributed by atoms with E-state index in [1.807, 2.05) is 6.92 Å². The summed E-state index contributed by atoms with van der Waals surface area (Å²) in [6.07, 6.45) is 0. The van der Waals surface area contributed by atoms with Gasteiger partial charge >= 0.3 is 0 Å². The van der Waals surface area contributed by atoms with Crippen LogP contribution in [0.2, 0.25) is 0 Å². The first kappa shape index (κ1) is 17.1. The lowest BCUT2D eigenvalue weighted by atomic mass is 10.2. The summed E-state index contributed by atoms with van der Waals surface area (Å²) in [4.78, 5) is 16.4. The Balaban J connectivity index is 2.63. The Hall–Kier alpha value is -0.970. The second-order valence-electron chi connectivity index (χ2n) is 6.06. The van der Waals surface area contributed by atoms with Gasteiger partial charge in [-0.3, -0.25) is 4.79 Å². The predicted molar refractivity (Wildman–Crippen MR) is 85.1 cm³/mol. The molecule has 0 aliphatic heterocycles. The maximum Gasteiger partial charge on any atom is 0.230 e. The van der Waals surface area contributed by atoms with Crippen LogP contribution in [0.1, 0.15) is 39.1 Å². The normalized spacial score (nSPS) is 11.4. The lowest BCUT2D eigenvalue weighted by Crippen LogP contribution is -2.28. The smallest absolute Gasteiger partial charge is 0.230 e. The summed E-state index contributed by atoms with van der Waals surface area (Å²) < 4.78 is 2.22. The molecule has 114 valence electrons. The zero-order valence-corrected chi connectivity index (χ0v) is 14.3. The Bertz CT molecular complexity index is 452. The number of rotatable bonds is 7. The molecule has 0 radical (unpaired) electrons. The standard InChI is InChI=1S/C15H27N3OS/c1-10(2)7-16-14(19)9-20-15-17-12(5)13(6)18(15)8-11(3)4/h10-11H,7-9H2,1-6H3,(H,16,19). The molecule has 1 aromatic heterocycles. The van der Waals surface area contributed by atoms with Gasteiger partial charge in [0.15, 0.2) is 5.16 Å². The molecule has 0 unspecified atom stereocenters. The van der Waals surface area contributed by atoms with Crippen molar-refractivity contribution in [3.63, 3.8) is 0 Å². The van der Waals surface area contributed by atoms with Crippen molar-refractivity contribution in [3.8, 4) is 0 Å². The van der Waals surface area contributed by atoms with E-state index in [1.165, 1.54) is 17.5 Å². The fourth-order valence-electron chi connectivity index (χ4n) is 1.81. The zero-order chi connectivity index (χ0) is 15.3. The van der Waals surface area contributed by atoms with E-state index in [2.05, 4.69) is 49.5 Å². The Labute approximate surface area is 126 Å². The maximum atomic E-state index is 11.8. The Morgan fingerprint density at radius 1 is 1.25 bits per heavy atom. The summed E-state index contributed by atoms with van der Waals surface area (Å²) in [6, 6.07) is 0. The van der Waals surface area contributed by atoms with Gasteiger partial charge in [0, 0.05) is 18.8 Å². The van der Waals surface area contributed by atoms with Gasteiger partial charge in [-0.25, -0.2) is 4.98 Å². The van der Waals surface area contributed by atoms with Crippen molar-refractivity contribution in [2.75, 3.05) is 12.3 Å². The molecule has 1 rings (SSSR count). The van der Waals surface area contributed by atoms with Crippen LogP contribution in [0.15, 0.2) is 5.16 Å². The van der Waals surface area contributed by atoms with Crippen molar-refractivity contribution in [1.29, 1.82) is 0 Å². The molecule has 0 saturated heterocycles. The molecule has 1 aromatic rings. The SMILES string of the molecule is Cc1nc(SCC(=O)NCC(C)C)n(CC(C)C)c1C. The van der Waals surface area contributed by atoms with Crippen molar-refractivity contribution in [1.82, 2.24) is 14.9 Å². The number of aromatic nitrogens is 2. The van der Waals surface area contributed by atoms with Crippen LogP contribution in [0.3, 0.4) is 0 Å². The molecule has 0 atom stereocenters. The topological polar surface area (TPSA) is 46.9 Å². The third-order valence-corrected chi connectivity index (χ3v) is 3.99. The van der Waals surface area contributed by atoms with Crippen molar-refractivity contribution >= 4 is 17.7 Å². The van der Waals surface area contributed by atoms with E-state index >= 15 is 0 Å². The van der Waals surface area contributed by atoms with Crippen molar-refractivity contribution in [2.24, 2.45) is 11.8 Å². The van der Waals surface area contributed by atoms with Crippen LogP contribution >= 0.6 is 11.8 Å². The van der Waals surface area contributed by atoms with E-state index in [1.54, 1.807) is 0 Å². The molecule has 0 spiro atoms. The van der Waals surface area contributed by atoms with Crippen LogP contribution < -0.4 is 5.32 Å². The highest BCUT2D eigenvalue weighted by Gasteiger charge is 2.14. The van der Waals surface area contributed by atoms with Gasteiger partial charge in [0.2, 0.25) is 5.91 Å². The molecular weight excluding hydrogens is 270 g/mol. The number of imidazole rings is 1. The monoisotopic (exact) mass is 297 g/mol. The Morgan fingerprint density at radius 2 is 1.90 bits per heavy atom. The first-order valence-corrected chi connectivity index (χ1v) is 8.23. The molecule has 0 fully saturated rings. The maximum absolute atomic E-state index is 11.8. The van der Waals surface area contributed by atoms with Crippen LogP contribution in [0, 0.1) is 25.7 Å². The highest BCUT2D eigenvalue weighted by atomic mass is 32.2. The Morgan fingerprint density at radius 3 is 2.45 bits per heavy atom. The number of hydrogen-bond donors (Lipinski definition) is 1. The van der Waals surface area contributed by atoms with Crippen molar-refractivity contribution < 1.29 is 4.79 Å². The fraction of sp³-hybridized carbons (Fsp3) is 0.733. The molecule has 5 heteroatoms. The molecule has 1 N–H and O–H groups in total. The second-order valence-corrected chi connectivity index (χ2v) is 7.00. The van der Waals surface area contributed by atoms with Crippen LogP contribution in [-0.2, 0) is 11.3 Å². The van der Waals surface area contributed by atoms with E-state index < -0.39 is 0 Å². The van der Waals surface area contributed by atoms with Crippen LogP contribution in [0.25, 0.3) is 0 Å². The summed E-state index contributed by atoms with van der Waals surface area (Å²) in [5.74, 6) is 1.56. The summed E-state index contributed by atoms with van der Waals surface area (Å²) in [5, 5.41) is 3.89. The number of aryl methyl sites for hydroxylation is 1. The van der Waals surface area contributed by atoms with Crippen LogP contribution in [0.4, 0.5) is 0 Å². The van der Waals surface area contributed by atoms with Gasteiger partial charge in [-0.1, -0.05) is 39.5 Å². The van der Waals surface area contributed by atoms with E-state index in [4.69, 9.17) is 0 Å². The lowest BCUT2D eigenvalue weighted by Gasteiger charge is -2.12. The summed E-state index contributed by atoms with van der Waals surface area (Å²) in [6.45, 7) is 14.4. The molecule has 0 aromatic carbocycles. The second kappa shape index (κ2) is 7.72. The highest BCUT2D eigenvalue weighted by molar-refractivity contribution is 7.99. The molecule has 1 amide bonds. The molecule has 0 aliphatic rings. The molecule has 0 bridgehead atoms. The number of thioether (sulfide) groups is 1. The molecule has 1 heterocycles. The van der Waals surface area contributed by atoms with E-state index in [9.17, 15) is 4.79 Å². The first-order valence-electron chi connectivity index (χ1n) is 7.24. The number of hydrogen-bond acceptors (Lipinski definition) is 3. The van der Waals surface area contributed by atoms with Gasteiger partial charge in [0.25, 0.3) is 0 Å². The summed E-state index contributed by atoms with van der Waals surface area (Å²) in [7, 11) is 0. The van der Waals surface area contributed by atoms with Crippen LogP contribution in [-0.4, -0.2) is 27.8 Å². The largest absolute Gasteiger partial charge is 0.355 e. The number of carbonyl (C=O) groups excluding carboxylic acids is 1. The van der Waals surface area contributed by atoms with E-state index in [0.717, 1.165) is 23.9 Å². The first-order chi connectivity index (χ1) is 9.31. The minimum atomic E-state index is 0.0816. The van der Waals surface area contributed by atoms with Crippen molar-refractivity contribution in [3.05, 3.63) is 11.4 Å². The molecular formula is C15H27N3OS. The number of nitrogens with one attached hydrogen (secondary N) is 1. The lowest BCUT2D eigenvalue weighted by molar-refractivity contribution is -0.118. The highest BCUT2D eigenvalue weighted by Crippen LogP contribution is 2.22. The Kier molecular flexibility index (Phi) is 6.59.